The standard InChI is InChI=1S/C16H22F2N2O/c1-11-5-3-7-14(12(11)2)19-15(21)10-20-8-4-6-13(9-20)16(17)18/h3,5,7,13,16H,4,6,8-10H2,1-2H3,(H,19,21). The molecule has 0 saturated carbocycles. The first kappa shape index (κ1) is 15.9. The van der Waals surface area contributed by atoms with Gasteiger partial charge in [-0.25, -0.2) is 8.78 Å². The predicted molar refractivity (Wildman–Crippen MR) is 79.7 cm³/mol. The van der Waals surface area contributed by atoms with Crippen LogP contribution in [-0.4, -0.2) is 36.9 Å². The van der Waals surface area contributed by atoms with E-state index in [1.165, 1.54) is 0 Å². The second kappa shape index (κ2) is 6.98. The summed E-state index contributed by atoms with van der Waals surface area (Å²) in [6.45, 7) is 5.14. The molecule has 0 bridgehead atoms. The Morgan fingerprint density at radius 1 is 1.43 bits per heavy atom. The van der Waals surface area contributed by atoms with Crippen molar-refractivity contribution in [1.29, 1.82) is 0 Å². The van der Waals surface area contributed by atoms with E-state index < -0.39 is 12.3 Å². The van der Waals surface area contributed by atoms with Crippen LogP contribution >= 0.6 is 0 Å². The number of aryl methyl sites for hydroxylation is 1. The van der Waals surface area contributed by atoms with E-state index in [0.29, 0.717) is 19.5 Å². The van der Waals surface area contributed by atoms with Gasteiger partial charge in [-0.05, 0) is 50.4 Å². The predicted octanol–water partition coefficient (Wildman–Crippen LogP) is 3.22. The number of hydrogen-bond donors (Lipinski definition) is 1. The number of anilines is 1. The zero-order valence-electron chi connectivity index (χ0n) is 12.5. The molecule has 5 heteroatoms. The minimum Gasteiger partial charge on any atom is -0.325 e. The molecule has 1 saturated heterocycles. The Balaban J connectivity index is 1.91. The van der Waals surface area contributed by atoms with Crippen molar-refractivity contribution in [2.75, 3.05) is 25.0 Å². The summed E-state index contributed by atoms with van der Waals surface area (Å²) in [7, 11) is 0. The first-order valence-corrected chi connectivity index (χ1v) is 7.34. The normalized spacial score (nSPS) is 19.8. The van der Waals surface area contributed by atoms with Gasteiger partial charge in [-0.15, -0.1) is 0 Å². The van der Waals surface area contributed by atoms with Crippen molar-refractivity contribution in [3.8, 4) is 0 Å². The first-order valence-electron chi connectivity index (χ1n) is 7.34. The van der Waals surface area contributed by atoms with E-state index in [-0.39, 0.29) is 12.5 Å². The van der Waals surface area contributed by atoms with Crippen molar-refractivity contribution >= 4 is 11.6 Å². The molecule has 1 fully saturated rings. The van der Waals surface area contributed by atoms with Gasteiger partial charge in [0.2, 0.25) is 12.3 Å². The van der Waals surface area contributed by atoms with Crippen LogP contribution in [0, 0.1) is 19.8 Å². The first-order chi connectivity index (χ1) is 9.97. The molecule has 3 nitrogen and oxygen atoms in total. The topological polar surface area (TPSA) is 32.3 Å². The van der Waals surface area contributed by atoms with Gasteiger partial charge >= 0.3 is 0 Å². The van der Waals surface area contributed by atoms with Crippen molar-refractivity contribution in [2.45, 2.75) is 33.1 Å². The van der Waals surface area contributed by atoms with Crippen LogP contribution in [-0.2, 0) is 4.79 Å². The van der Waals surface area contributed by atoms with Crippen molar-refractivity contribution in [1.82, 2.24) is 4.90 Å². The van der Waals surface area contributed by atoms with Crippen LogP contribution in [0.1, 0.15) is 24.0 Å². The Bertz CT molecular complexity index is 505. The van der Waals surface area contributed by atoms with Crippen LogP contribution < -0.4 is 5.32 Å². The van der Waals surface area contributed by atoms with Gasteiger partial charge in [0.25, 0.3) is 0 Å². The largest absolute Gasteiger partial charge is 0.325 e. The fourth-order valence-electron chi connectivity index (χ4n) is 2.72. The smallest absolute Gasteiger partial charge is 0.242 e. The second-order valence-corrected chi connectivity index (χ2v) is 5.77. The van der Waals surface area contributed by atoms with Gasteiger partial charge in [0, 0.05) is 18.2 Å². The lowest BCUT2D eigenvalue weighted by atomic mass is 9.98. The Morgan fingerprint density at radius 3 is 2.90 bits per heavy atom. The maximum atomic E-state index is 12.7. The van der Waals surface area contributed by atoms with E-state index in [1.807, 2.05) is 36.9 Å². The summed E-state index contributed by atoms with van der Waals surface area (Å²) < 4.78 is 25.5. The second-order valence-electron chi connectivity index (χ2n) is 5.77. The highest BCUT2D eigenvalue weighted by Gasteiger charge is 2.27. The molecule has 1 amide bonds. The molecular weight excluding hydrogens is 274 g/mol. The number of piperidine rings is 1. The summed E-state index contributed by atoms with van der Waals surface area (Å²) >= 11 is 0. The Kier molecular flexibility index (Phi) is 5.28. The van der Waals surface area contributed by atoms with Gasteiger partial charge in [-0.3, -0.25) is 9.69 Å². The molecule has 0 aliphatic carbocycles. The molecule has 1 N–H and O–H groups in total. The maximum absolute atomic E-state index is 12.7. The molecule has 1 unspecified atom stereocenters. The SMILES string of the molecule is Cc1cccc(NC(=O)CN2CCCC(C(F)F)C2)c1C. The van der Waals surface area contributed by atoms with Crippen LogP contribution in [0.5, 0.6) is 0 Å². The number of carbonyl (C=O) groups is 1. The number of hydrogen-bond acceptors (Lipinski definition) is 2. The molecule has 1 aromatic rings. The molecular formula is C16H22F2N2O. The molecule has 1 aliphatic rings. The van der Waals surface area contributed by atoms with E-state index >= 15 is 0 Å². The van der Waals surface area contributed by atoms with Crippen molar-refractivity contribution < 1.29 is 13.6 Å². The lowest BCUT2D eigenvalue weighted by molar-refractivity contribution is -0.118. The molecule has 0 radical (unpaired) electrons. The maximum Gasteiger partial charge on any atom is 0.242 e. The molecule has 21 heavy (non-hydrogen) atoms. The number of carbonyl (C=O) groups excluding carboxylic acids is 1. The number of nitrogens with one attached hydrogen (secondary N) is 1. The Labute approximate surface area is 124 Å². The molecule has 0 aromatic heterocycles. The molecule has 1 heterocycles. The third-order valence-electron chi connectivity index (χ3n) is 4.14. The van der Waals surface area contributed by atoms with E-state index in [9.17, 15) is 13.6 Å². The molecule has 1 aromatic carbocycles. The van der Waals surface area contributed by atoms with Crippen LogP contribution in [0.4, 0.5) is 14.5 Å². The third-order valence-corrected chi connectivity index (χ3v) is 4.14. The van der Waals surface area contributed by atoms with Gasteiger partial charge < -0.3 is 5.32 Å². The van der Waals surface area contributed by atoms with E-state index in [4.69, 9.17) is 0 Å². The lowest BCUT2D eigenvalue weighted by Gasteiger charge is -2.31. The summed E-state index contributed by atoms with van der Waals surface area (Å²) in [5.41, 5.74) is 2.95. The summed E-state index contributed by atoms with van der Waals surface area (Å²) in [5.74, 6) is -0.745. The Hall–Kier alpha value is -1.49. The molecule has 116 valence electrons. The van der Waals surface area contributed by atoms with E-state index in [2.05, 4.69) is 5.32 Å². The van der Waals surface area contributed by atoms with Crippen LogP contribution in [0.2, 0.25) is 0 Å². The Morgan fingerprint density at radius 2 is 2.19 bits per heavy atom. The van der Waals surface area contributed by atoms with Gasteiger partial charge in [0.05, 0.1) is 6.54 Å². The van der Waals surface area contributed by atoms with E-state index in [0.717, 1.165) is 23.2 Å². The van der Waals surface area contributed by atoms with Crippen LogP contribution in [0.15, 0.2) is 18.2 Å². The highest BCUT2D eigenvalue weighted by atomic mass is 19.3. The van der Waals surface area contributed by atoms with Gasteiger partial charge in [-0.1, -0.05) is 12.1 Å². The number of nitrogens with zero attached hydrogens (tertiary/aromatic N) is 1. The zero-order valence-corrected chi connectivity index (χ0v) is 12.5. The zero-order chi connectivity index (χ0) is 15.4. The average molecular weight is 296 g/mol. The van der Waals surface area contributed by atoms with Crippen molar-refractivity contribution in [3.05, 3.63) is 29.3 Å². The minimum atomic E-state index is -2.30. The minimum absolute atomic E-state index is 0.140. The summed E-state index contributed by atoms with van der Waals surface area (Å²) in [6.07, 6.45) is -1.02. The molecule has 0 spiro atoms. The number of likely N-dealkylation sites (tertiary alicyclic amines) is 1. The monoisotopic (exact) mass is 296 g/mol. The highest BCUT2D eigenvalue weighted by molar-refractivity contribution is 5.93. The molecule has 2 rings (SSSR count). The van der Waals surface area contributed by atoms with Gasteiger partial charge in [0.1, 0.15) is 0 Å². The summed E-state index contributed by atoms with van der Waals surface area (Å²) in [5, 5.41) is 2.87. The fourth-order valence-corrected chi connectivity index (χ4v) is 2.72. The summed E-state index contributed by atoms with van der Waals surface area (Å²) in [4.78, 5) is 13.9. The number of benzene rings is 1. The lowest BCUT2D eigenvalue weighted by Crippen LogP contribution is -2.42. The van der Waals surface area contributed by atoms with Crippen molar-refractivity contribution in [3.63, 3.8) is 0 Å². The van der Waals surface area contributed by atoms with E-state index in [1.54, 1.807) is 0 Å². The van der Waals surface area contributed by atoms with Gasteiger partial charge in [-0.2, -0.15) is 0 Å². The quantitative estimate of drug-likeness (QED) is 0.925. The van der Waals surface area contributed by atoms with Crippen molar-refractivity contribution in [2.24, 2.45) is 5.92 Å². The van der Waals surface area contributed by atoms with Gasteiger partial charge in [0.15, 0.2) is 0 Å². The fraction of sp³-hybridized carbons (Fsp3) is 0.562. The van der Waals surface area contributed by atoms with Crippen LogP contribution in [0.3, 0.4) is 0 Å². The number of halogens is 2. The summed E-state index contributed by atoms with van der Waals surface area (Å²) in [6, 6.07) is 5.74. The highest BCUT2D eigenvalue weighted by Crippen LogP contribution is 2.23. The third kappa shape index (κ3) is 4.24. The average Bonchev–Trinajstić information content (AvgIpc) is 2.44. The number of alkyl halides is 2. The number of rotatable bonds is 4. The molecule has 1 aliphatic heterocycles. The molecule has 1 atom stereocenters. The number of amides is 1. The van der Waals surface area contributed by atoms with Crippen LogP contribution in [0.25, 0.3) is 0 Å².